The van der Waals surface area contributed by atoms with E-state index in [-0.39, 0.29) is 0 Å². The molecule has 17 heavy (non-hydrogen) atoms. The highest BCUT2D eigenvalue weighted by Crippen LogP contribution is 2.26. The minimum atomic E-state index is 0.860. The maximum atomic E-state index is 5.22. The number of methoxy groups -OCH3 is 1. The summed E-state index contributed by atoms with van der Waals surface area (Å²) in [6, 6.07) is 12.1. The van der Waals surface area contributed by atoms with Crippen LogP contribution in [0.2, 0.25) is 0 Å². The van der Waals surface area contributed by atoms with Gasteiger partial charge in [0.05, 0.1) is 7.11 Å². The molecule has 3 nitrogen and oxygen atoms in total. The van der Waals surface area contributed by atoms with Crippen molar-refractivity contribution < 1.29 is 4.74 Å². The van der Waals surface area contributed by atoms with Gasteiger partial charge in [0.1, 0.15) is 5.75 Å². The summed E-state index contributed by atoms with van der Waals surface area (Å²) in [5.74, 6) is 0.860. The Kier molecular flexibility index (Phi) is 2.29. The zero-order valence-corrected chi connectivity index (χ0v) is 9.47. The number of nitrogens with one attached hydrogen (secondary N) is 1. The van der Waals surface area contributed by atoms with Crippen molar-refractivity contribution in [2.24, 2.45) is 0 Å². The predicted octanol–water partition coefficient (Wildman–Crippen LogP) is 3.24. The fraction of sp³-hybridized carbons (Fsp3) is 0.0714. The van der Waals surface area contributed by atoms with Gasteiger partial charge >= 0.3 is 0 Å². The molecule has 0 fully saturated rings. The number of fused-ring (bicyclic) bond motifs is 1. The molecule has 3 aromatic rings. The lowest BCUT2D eigenvalue weighted by atomic mass is 10.1. The highest BCUT2D eigenvalue weighted by Gasteiger charge is 2.03. The predicted molar refractivity (Wildman–Crippen MR) is 68.1 cm³/mol. The fourth-order valence-electron chi connectivity index (χ4n) is 1.92. The summed E-state index contributed by atoms with van der Waals surface area (Å²) in [7, 11) is 1.67. The molecule has 0 aliphatic heterocycles. The molecule has 0 unspecified atom stereocenters. The normalized spacial score (nSPS) is 10.6. The molecule has 1 aromatic carbocycles. The highest BCUT2D eigenvalue weighted by molar-refractivity contribution is 5.85. The van der Waals surface area contributed by atoms with Crippen molar-refractivity contribution in [3.8, 4) is 17.0 Å². The van der Waals surface area contributed by atoms with Crippen molar-refractivity contribution in [2.45, 2.75) is 0 Å². The Morgan fingerprint density at radius 3 is 2.94 bits per heavy atom. The molecule has 84 valence electrons. The number of pyridine rings is 1. The molecule has 0 aliphatic rings. The van der Waals surface area contributed by atoms with Crippen LogP contribution in [0, 0.1) is 0 Å². The average Bonchev–Trinajstić information content (AvgIpc) is 2.82. The second kappa shape index (κ2) is 3.94. The number of hydrogen-bond acceptors (Lipinski definition) is 2. The monoisotopic (exact) mass is 224 g/mol. The number of nitrogens with zero attached hydrogens (tertiary/aromatic N) is 1. The van der Waals surface area contributed by atoms with E-state index in [4.69, 9.17) is 4.74 Å². The van der Waals surface area contributed by atoms with Gasteiger partial charge in [-0.2, -0.15) is 0 Å². The molecule has 0 amide bonds. The molecule has 0 radical (unpaired) electrons. The topological polar surface area (TPSA) is 37.9 Å². The standard InChI is InChI=1S/C14H12N2O/c1-17-12-4-2-3-10(7-12)14-8-11-9-15-6-5-13(11)16-14/h2-9,16H,1H3. The van der Waals surface area contributed by atoms with Crippen molar-refractivity contribution in [3.05, 3.63) is 48.8 Å². The summed E-state index contributed by atoms with van der Waals surface area (Å²) in [6.07, 6.45) is 3.64. The summed E-state index contributed by atoms with van der Waals surface area (Å²) in [4.78, 5) is 7.48. The van der Waals surface area contributed by atoms with Crippen LogP contribution in [0.4, 0.5) is 0 Å². The molecule has 1 N–H and O–H groups in total. The van der Waals surface area contributed by atoms with Crippen LogP contribution in [-0.4, -0.2) is 17.1 Å². The smallest absolute Gasteiger partial charge is 0.119 e. The first-order chi connectivity index (χ1) is 8.36. The van der Waals surface area contributed by atoms with Crippen molar-refractivity contribution >= 4 is 10.9 Å². The number of ether oxygens (including phenoxy) is 1. The van der Waals surface area contributed by atoms with E-state index in [9.17, 15) is 0 Å². The van der Waals surface area contributed by atoms with Gasteiger partial charge in [0, 0.05) is 34.6 Å². The molecule has 0 saturated carbocycles. The summed E-state index contributed by atoms with van der Waals surface area (Å²) in [6.45, 7) is 0. The van der Waals surface area contributed by atoms with Crippen LogP contribution >= 0.6 is 0 Å². The highest BCUT2D eigenvalue weighted by atomic mass is 16.5. The fourth-order valence-corrected chi connectivity index (χ4v) is 1.92. The maximum Gasteiger partial charge on any atom is 0.119 e. The molecule has 0 atom stereocenters. The Balaban J connectivity index is 2.13. The number of benzene rings is 1. The number of H-pyrrole nitrogens is 1. The number of aromatic amines is 1. The maximum absolute atomic E-state index is 5.22. The van der Waals surface area contributed by atoms with E-state index in [1.807, 2.05) is 30.5 Å². The Labute approximate surface area is 99.1 Å². The lowest BCUT2D eigenvalue weighted by Gasteiger charge is -2.02. The van der Waals surface area contributed by atoms with Crippen LogP contribution in [0.15, 0.2) is 48.8 Å². The summed E-state index contributed by atoms with van der Waals surface area (Å²) in [5.41, 5.74) is 3.28. The van der Waals surface area contributed by atoms with E-state index < -0.39 is 0 Å². The second-order valence-corrected chi connectivity index (χ2v) is 3.88. The van der Waals surface area contributed by atoms with E-state index in [1.165, 1.54) is 0 Å². The molecule has 0 spiro atoms. The van der Waals surface area contributed by atoms with Crippen LogP contribution in [0.5, 0.6) is 5.75 Å². The molecular formula is C14H12N2O. The average molecular weight is 224 g/mol. The zero-order valence-electron chi connectivity index (χ0n) is 9.47. The quantitative estimate of drug-likeness (QED) is 0.725. The SMILES string of the molecule is COc1cccc(-c2cc3cnccc3[nH]2)c1. The van der Waals surface area contributed by atoms with E-state index in [1.54, 1.807) is 13.3 Å². The van der Waals surface area contributed by atoms with Crippen LogP contribution in [-0.2, 0) is 0 Å². The lowest BCUT2D eigenvalue weighted by molar-refractivity contribution is 0.415. The van der Waals surface area contributed by atoms with Gasteiger partial charge in [0.2, 0.25) is 0 Å². The van der Waals surface area contributed by atoms with Gasteiger partial charge in [0.25, 0.3) is 0 Å². The Bertz CT molecular complexity index is 625. The number of hydrogen-bond donors (Lipinski definition) is 1. The zero-order chi connectivity index (χ0) is 11.7. The summed E-state index contributed by atoms with van der Waals surface area (Å²) in [5, 5.41) is 1.12. The number of aromatic nitrogens is 2. The molecule has 2 heterocycles. The summed E-state index contributed by atoms with van der Waals surface area (Å²) >= 11 is 0. The molecular weight excluding hydrogens is 212 g/mol. The largest absolute Gasteiger partial charge is 0.497 e. The Morgan fingerprint density at radius 2 is 2.12 bits per heavy atom. The van der Waals surface area contributed by atoms with Gasteiger partial charge in [-0.1, -0.05) is 12.1 Å². The van der Waals surface area contributed by atoms with Gasteiger partial charge < -0.3 is 9.72 Å². The van der Waals surface area contributed by atoms with E-state index in [0.29, 0.717) is 0 Å². The Hall–Kier alpha value is -2.29. The van der Waals surface area contributed by atoms with E-state index in [0.717, 1.165) is 27.9 Å². The van der Waals surface area contributed by atoms with Crippen LogP contribution in [0.3, 0.4) is 0 Å². The number of rotatable bonds is 2. The first kappa shape index (κ1) is 9.90. The van der Waals surface area contributed by atoms with Crippen LogP contribution < -0.4 is 4.74 Å². The minimum absolute atomic E-state index is 0.860. The van der Waals surface area contributed by atoms with Gasteiger partial charge in [-0.25, -0.2) is 0 Å². The van der Waals surface area contributed by atoms with Gasteiger partial charge in [-0.05, 0) is 24.3 Å². The van der Waals surface area contributed by atoms with Crippen molar-refractivity contribution in [3.63, 3.8) is 0 Å². The van der Waals surface area contributed by atoms with Gasteiger partial charge in [-0.3, -0.25) is 4.98 Å². The van der Waals surface area contributed by atoms with Gasteiger partial charge in [0.15, 0.2) is 0 Å². The van der Waals surface area contributed by atoms with Crippen molar-refractivity contribution in [1.29, 1.82) is 0 Å². The first-order valence-corrected chi connectivity index (χ1v) is 5.44. The molecule has 0 saturated heterocycles. The van der Waals surface area contributed by atoms with Crippen LogP contribution in [0.25, 0.3) is 22.2 Å². The van der Waals surface area contributed by atoms with Crippen molar-refractivity contribution in [1.82, 2.24) is 9.97 Å². The summed E-state index contributed by atoms with van der Waals surface area (Å²) < 4.78 is 5.22. The van der Waals surface area contributed by atoms with Crippen LogP contribution in [0.1, 0.15) is 0 Å². The van der Waals surface area contributed by atoms with Gasteiger partial charge in [-0.15, -0.1) is 0 Å². The van der Waals surface area contributed by atoms with E-state index in [2.05, 4.69) is 22.1 Å². The van der Waals surface area contributed by atoms with E-state index >= 15 is 0 Å². The molecule has 3 heteroatoms. The molecule has 0 aliphatic carbocycles. The molecule has 3 rings (SSSR count). The second-order valence-electron chi connectivity index (χ2n) is 3.88. The van der Waals surface area contributed by atoms with Crippen molar-refractivity contribution in [2.75, 3.05) is 7.11 Å². The third-order valence-electron chi connectivity index (χ3n) is 2.80. The minimum Gasteiger partial charge on any atom is -0.497 e. The molecule has 0 bridgehead atoms. The Morgan fingerprint density at radius 1 is 1.18 bits per heavy atom. The first-order valence-electron chi connectivity index (χ1n) is 5.44. The molecule has 2 aromatic heterocycles. The third-order valence-corrected chi connectivity index (χ3v) is 2.80. The lowest BCUT2D eigenvalue weighted by Crippen LogP contribution is -1.83. The third kappa shape index (κ3) is 1.76.